The van der Waals surface area contributed by atoms with Crippen molar-refractivity contribution in [1.29, 1.82) is 0 Å². The molecule has 0 aromatic carbocycles. The van der Waals surface area contributed by atoms with E-state index in [0.717, 1.165) is 13.0 Å². The highest BCUT2D eigenvalue weighted by molar-refractivity contribution is 5.68. The van der Waals surface area contributed by atoms with Crippen LogP contribution in [0.3, 0.4) is 0 Å². The first-order chi connectivity index (χ1) is 10.9. The Morgan fingerprint density at radius 2 is 1.74 bits per heavy atom. The minimum absolute atomic E-state index is 0.298. The van der Waals surface area contributed by atoms with Gasteiger partial charge in [-0.3, -0.25) is 15.2 Å². The lowest BCUT2D eigenvalue weighted by Gasteiger charge is -2.27. The summed E-state index contributed by atoms with van der Waals surface area (Å²) < 4.78 is 5.41. The SMILES string of the molecule is C=NCCN(CNCCCCCCCCC)C(=O)OC(C)(C)C. The van der Waals surface area contributed by atoms with E-state index in [-0.39, 0.29) is 6.09 Å². The number of aliphatic imine (C=N–C) groups is 1. The van der Waals surface area contributed by atoms with Gasteiger partial charge in [-0.25, -0.2) is 4.79 Å². The summed E-state index contributed by atoms with van der Waals surface area (Å²) in [7, 11) is 0. The first-order valence-corrected chi connectivity index (χ1v) is 9.02. The average Bonchev–Trinajstić information content (AvgIpc) is 2.46. The summed E-state index contributed by atoms with van der Waals surface area (Å²) in [6, 6.07) is 0. The molecule has 5 heteroatoms. The maximum Gasteiger partial charge on any atom is 0.411 e. The Labute approximate surface area is 142 Å². The summed E-state index contributed by atoms with van der Waals surface area (Å²) >= 11 is 0. The van der Waals surface area contributed by atoms with Gasteiger partial charge >= 0.3 is 6.09 Å². The minimum atomic E-state index is -0.477. The molecule has 0 rings (SSSR count). The number of hydrogen-bond acceptors (Lipinski definition) is 4. The van der Waals surface area contributed by atoms with Crippen LogP contribution in [0, 0.1) is 0 Å². The largest absolute Gasteiger partial charge is 0.444 e. The van der Waals surface area contributed by atoms with E-state index in [2.05, 4.69) is 24.0 Å². The molecule has 0 radical (unpaired) electrons. The standard InChI is InChI=1S/C18H37N3O2/c1-6-7-8-9-10-11-12-13-20-16-21(15-14-19-5)17(22)23-18(2,3)4/h20H,5-16H2,1-4H3. The third-order valence-electron chi connectivity index (χ3n) is 3.44. The summed E-state index contributed by atoms with van der Waals surface area (Å²) in [5, 5.41) is 3.33. The summed E-state index contributed by atoms with van der Waals surface area (Å²) in [5.74, 6) is 0. The van der Waals surface area contributed by atoms with Crippen molar-refractivity contribution >= 4 is 12.8 Å². The Morgan fingerprint density at radius 1 is 1.13 bits per heavy atom. The number of carbonyl (C=O) groups is 1. The van der Waals surface area contributed by atoms with Crippen molar-refractivity contribution in [3.05, 3.63) is 0 Å². The molecule has 0 atom stereocenters. The van der Waals surface area contributed by atoms with Gasteiger partial charge in [0.15, 0.2) is 0 Å². The molecule has 0 aromatic rings. The molecule has 5 nitrogen and oxygen atoms in total. The lowest BCUT2D eigenvalue weighted by atomic mass is 10.1. The molecular weight excluding hydrogens is 290 g/mol. The van der Waals surface area contributed by atoms with E-state index in [4.69, 9.17) is 4.74 Å². The van der Waals surface area contributed by atoms with Crippen molar-refractivity contribution in [2.24, 2.45) is 4.99 Å². The fourth-order valence-electron chi connectivity index (χ4n) is 2.17. The lowest BCUT2D eigenvalue weighted by Crippen LogP contribution is -2.43. The Morgan fingerprint density at radius 3 is 2.30 bits per heavy atom. The lowest BCUT2D eigenvalue weighted by molar-refractivity contribution is 0.0241. The maximum atomic E-state index is 12.1. The third-order valence-corrected chi connectivity index (χ3v) is 3.44. The summed E-state index contributed by atoms with van der Waals surface area (Å²) in [6.07, 6.45) is 8.73. The van der Waals surface area contributed by atoms with Crippen LogP contribution in [0.25, 0.3) is 0 Å². The number of hydrogen-bond donors (Lipinski definition) is 1. The molecule has 0 fully saturated rings. The second-order valence-corrected chi connectivity index (χ2v) is 6.97. The molecule has 0 aliphatic heterocycles. The third kappa shape index (κ3) is 14.2. The predicted molar refractivity (Wildman–Crippen MR) is 98.2 cm³/mol. The normalized spacial score (nSPS) is 11.3. The van der Waals surface area contributed by atoms with Crippen LogP contribution in [0.5, 0.6) is 0 Å². The van der Waals surface area contributed by atoms with Gasteiger partial charge in [0.25, 0.3) is 0 Å². The highest BCUT2D eigenvalue weighted by Gasteiger charge is 2.21. The van der Waals surface area contributed by atoms with Gasteiger partial charge in [0, 0.05) is 6.54 Å². The van der Waals surface area contributed by atoms with Crippen LogP contribution in [0.1, 0.15) is 72.6 Å². The van der Waals surface area contributed by atoms with Gasteiger partial charge in [0.2, 0.25) is 0 Å². The first kappa shape index (κ1) is 21.9. The van der Waals surface area contributed by atoms with Crippen molar-refractivity contribution in [2.45, 2.75) is 78.2 Å². The molecule has 0 saturated carbocycles. The Bertz CT molecular complexity index is 314. The van der Waals surface area contributed by atoms with Gasteiger partial charge < -0.3 is 4.74 Å². The van der Waals surface area contributed by atoms with E-state index in [1.165, 1.54) is 38.5 Å². The van der Waals surface area contributed by atoms with Gasteiger partial charge in [-0.1, -0.05) is 45.4 Å². The smallest absolute Gasteiger partial charge is 0.411 e. The van der Waals surface area contributed by atoms with Gasteiger partial charge in [-0.05, 0) is 40.5 Å². The number of unbranched alkanes of at least 4 members (excludes halogenated alkanes) is 6. The molecule has 0 aromatic heterocycles. The van der Waals surface area contributed by atoms with Crippen LogP contribution < -0.4 is 5.32 Å². The number of ether oxygens (including phenoxy) is 1. The predicted octanol–water partition coefficient (Wildman–Crippen LogP) is 4.22. The number of rotatable bonds is 13. The topological polar surface area (TPSA) is 53.9 Å². The van der Waals surface area contributed by atoms with E-state index in [0.29, 0.717) is 19.8 Å². The zero-order chi connectivity index (χ0) is 17.6. The van der Waals surface area contributed by atoms with Crippen LogP contribution >= 0.6 is 0 Å². The second kappa shape index (κ2) is 13.3. The molecule has 0 aliphatic carbocycles. The fourth-order valence-corrected chi connectivity index (χ4v) is 2.17. The molecule has 136 valence electrons. The van der Waals surface area contributed by atoms with E-state index in [1.54, 1.807) is 4.90 Å². The van der Waals surface area contributed by atoms with E-state index in [9.17, 15) is 4.79 Å². The van der Waals surface area contributed by atoms with Crippen LogP contribution in [0.4, 0.5) is 4.79 Å². The molecule has 0 bridgehead atoms. The van der Waals surface area contributed by atoms with Crippen molar-refractivity contribution in [3.63, 3.8) is 0 Å². The zero-order valence-electron chi connectivity index (χ0n) is 15.7. The molecule has 0 aliphatic rings. The van der Waals surface area contributed by atoms with Crippen LogP contribution in [0.2, 0.25) is 0 Å². The van der Waals surface area contributed by atoms with Crippen molar-refractivity contribution in [2.75, 3.05) is 26.3 Å². The summed E-state index contributed by atoms with van der Waals surface area (Å²) in [4.78, 5) is 17.6. The summed E-state index contributed by atoms with van der Waals surface area (Å²) in [6.45, 7) is 13.8. The average molecular weight is 328 g/mol. The molecule has 0 spiro atoms. The zero-order valence-corrected chi connectivity index (χ0v) is 15.7. The number of nitrogens with one attached hydrogen (secondary N) is 1. The molecular formula is C18H37N3O2. The van der Waals surface area contributed by atoms with E-state index in [1.807, 2.05) is 20.8 Å². The molecule has 1 N–H and O–H groups in total. The maximum absolute atomic E-state index is 12.1. The van der Waals surface area contributed by atoms with Gasteiger partial charge in [0.1, 0.15) is 5.60 Å². The molecule has 23 heavy (non-hydrogen) atoms. The van der Waals surface area contributed by atoms with E-state index < -0.39 is 5.60 Å². The molecule has 0 heterocycles. The monoisotopic (exact) mass is 327 g/mol. The highest BCUT2D eigenvalue weighted by atomic mass is 16.6. The number of amides is 1. The Kier molecular flexibility index (Phi) is 12.7. The van der Waals surface area contributed by atoms with Crippen molar-refractivity contribution < 1.29 is 9.53 Å². The van der Waals surface area contributed by atoms with Gasteiger partial charge in [-0.2, -0.15) is 0 Å². The fraction of sp³-hybridized carbons (Fsp3) is 0.889. The minimum Gasteiger partial charge on any atom is -0.444 e. The molecule has 1 amide bonds. The van der Waals surface area contributed by atoms with Crippen molar-refractivity contribution in [1.82, 2.24) is 10.2 Å². The van der Waals surface area contributed by atoms with Gasteiger partial charge in [-0.15, -0.1) is 0 Å². The summed E-state index contributed by atoms with van der Waals surface area (Å²) in [5.41, 5.74) is -0.477. The van der Waals surface area contributed by atoms with E-state index >= 15 is 0 Å². The van der Waals surface area contributed by atoms with Crippen molar-refractivity contribution in [3.8, 4) is 0 Å². The second-order valence-electron chi connectivity index (χ2n) is 6.97. The quantitative estimate of drug-likeness (QED) is 0.313. The Balaban J connectivity index is 3.88. The number of nitrogens with zero attached hydrogens (tertiary/aromatic N) is 2. The molecule has 0 saturated heterocycles. The van der Waals surface area contributed by atoms with Crippen LogP contribution in [-0.2, 0) is 4.74 Å². The molecule has 0 unspecified atom stereocenters. The van der Waals surface area contributed by atoms with Gasteiger partial charge in [0.05, 0.1) is 13.2 Å². The highest BCUT2D eigenvalue weighted by Crippen LogP contribution is 2.10. The van der Waals surface area contributed by atoms with Crippen LogP contribution in [-0.4, -0.2) is 49.6 Å². The Hall–Kier alpha value is -1.10. The number of carbonyl (C=O) groups excluding carboxylic acids is 1. The first-order valence-electron chi connectivity index (χ1n) is 9.02. The van der Waals surface area contributed by atoms with Crippen LogP contribution in [0.15, 0.2) is 4.99 Å².